The third-order valence-electron chi connectivity index (χ3n) is 3.51. The van der Waals surface area contributed by atoms with E-state index in [1.54, 1.807) is 12.3 Å². The number of hydrogen-bond acceptors (Lipinski definition) is 5. The Hall–Kier alpha value is -2.06. The van der Waals surface area contributed by atoms with E-state index in [4.69, 9.17) is 4.42 Å². The average Bonchev–Trinajstić information content (AvgIpc) is 3.28. The maximum Gasteiger partial charge on any atom is 0.230 e. The monoisotopic (exact) mass is 420 g/mol. The van der Waals surface area contributed by atoms with Crippen LogP contribution in [-0.4, -0.2) is 26.4 Å². The van der Waals surface area contributed by atoms with Crippen LogP contribution in [0.25, 0.3) is 11.4 Å². The predicted molar refractivity (Wildman–Crippen MR) is 100 cm³/mol. The van der Waals surface area contributed by atoms with Crippen molar-refractivity contribution in [2.75, 3.05) is 5.75 Å². The van der Waals surface area contributed by atoms with Crippen LogP contribution in [0.4, 0.5) is 0 Å². The van der Waals surface area contributed by atoms with E-state index in [2.05, 4.69) is 31.4 Å². The Morgan fingerprint density at radius 3 is 2.76 bits per heavy atom. The molecule has 130 valence electrons. The number of thioether (sulfide) groups is 1. The van der Waals surface area contributed by atoms with Gasteiger partial charge in [0.1, 0.15) is 5.76 Å². The molecule has 0 saturated carbocycles. The third-order valence-corrected chi connectivity index (χ3v) is 5.00. The predicted octanol–water partition coefficient (Wildman–Crippen LogP) is 3.73. The molecule has 0 aliphatic rings. The molecular weight excluding hydrogens is 404 g/mol. The van der Waals surface area contributed by atoms with Gasteiger partial charge in [-0.2, -0.15) is 0 Å². The van der Waals surface area contributed by atoms with Crippen LogP contribution >= 0.6 is 27.7 Å². The van der Waals surface area contributed by atoms with Gasteiger partial charge in [0.15, 0.2) is 11.0 Å². The molecule has 2 heterocycles. The highest BCUT2D eigenvalue weighted by Gasteiger charge is 2.14. The van der Waals surface area contributed by atoms with Gasteiger partial charge < -0.3 is 14.3 Å². The SMILES string of the molecule is CCn1c(SCC(=O)NCc2ccco2)nnc1-c1ccc(Br)cc1. The van der Waals surface area contributed by atoms with Crippen molar-refractivity contribution in [3.8, 4) is 11.4 Å². The lowest BCUT2D eigenvalue weighted by atomic mass is 10.2. The van der Waals surface area contributed by atoms with Crippen LogP contribution in [0, 0.1) is 0 Å². The molecule has 3 rings (SSSR count). The fraction of sp³-hybridized carbons (Fsp3) is 0.235. The number of rotatable bonds is 7. The van der Waals surface area contributed by atoms with Crippen LogP contribution in [0.5, 0.6) is 0 Å². The Morgan fingerprint density at radius 2 is 2.08 bits per heavy atom. The fourth-order valence-electron chi connectivity index (χ4n) is 2.27. The molecule has 0 aliphatic carbocycles. The molecule has 0 aliphatic heterocycles. The molecule has 1 N–H and O–H groups in total. The van der Waals surface area contributed by atoms with Gasteiger partial charge in [-0.3, -0.25) is 4.79 Å². The number of carbonyl (C=O) groups is 1. The molecule has 0 saturated heterocycles. The van der Waals surface area contributed by atoms with Gasteiger partial charge in [-0.1, -0.05) is 39.8 Å². The molecule has 2 aromatic heterocycles. The maximum atomic E-state index is 12.0. The van der Waals surface area contributed by atoms with Gasteiger partial charge in [0.25, 0.3) is 0 Å². The van der Waals surface area contributed by atoms with E-state index in [0.29, 0.717) is 6.54 Å². The zero-order valence-corrected chi connectivity index (χ0v) is 16.0. The highest BCUT2D eigenvalue weighted by Crippen LogP contribution is 2.25. The lowest BCUT2D eigenvalue weighted by molar-refractivity contribution is -0.118. The molecule has 1 aromatic carbocycles. The first-order valence-corrected chi connectivity index (χ1v) is 9.56. The number of nitrogens with one attached hydrogen (secondary N) is 1. The van der Waals surface area contributed by atoms with Crippen LogP contribution < -0.4 is 5.32 Å². The number of nitrogens with zero attached hydrogens (tertiary/aromatic N) is 3. The number of aromatic nitrogens is 3. The third kappa shape index (κ3) is 4.52. The van der Waals surface area contributed by atoms with Gasteiger partial charge in [-0.05, 0) is 31.2 Å². The second-order valence-corrected chi connectivity index (χ2v) is 7.06. The highest BCUT2D eigenvalue weighted by molar-refractivity contribution is 9.10. The van der Waals surface area contributed by atoms with Crippen LogP contribution in [0.3, 0.4) is 0 Å². The van der Waals surface area contributed by atoms with Crippen molar-refractivity contribution in [2.24, 2.45) is 0 Å². The lowest BCUT2D eigenvalue weighted by Crippen LogP contribution is -2.24. The number of furan rings is 1. The normalized spacial score (nSPS) is 10.8. The Kier molecular flexibility index (Phi) is 5.93. The molecule has 0 spiro atoms. The summed E-state index contributed by atoms with van der Waals surface area (Å²) in [5, 5.41) is 12.1. The van der Waals surface area contributed by atoms with E-state index in [1.807, 2.05) is 41.8 Å². The van der Waals surface area contributed by atoms with Crippen LogP contribution in [-0.2, 0) is 17.9 Å². The van der Waals surface area contributed by atoms with Crippen LogP contribution in [0.2, 0.25) is 0 Å². The van der Waals surface area contributed by atoms with Crippen LogP contribution in [0.15, 0.2) is 56.7 Å². The van der Waals surface area contributed by atoms with Crippen molar-refractivity contribution in [2.45, 2.75) is 25.2 Å². The number of benzene rings is 1. The number of halogens is 1. The summed E-state index contributed by atoms with van der Waals surface area (Å²) in [5.74, 6) is 1.73. The molecule has 0 bridgehead atoms. The topological polar surface area (TPSA) is 73.0 Å². The molecule has 0 fully saturated rings. The summed E-state index contributed by atoms with van der Waals surface area (Å²) in [6.45, 7) is 3.15. The first-order valence-electron chi connectivity index (χ1n) is 7.78. The first-order chi connectivity index (χ1) is 12.2. The summed E-state index contributed by atoms with van der Waals surface area (Å²) in [7, 11) is 0. The van der Waals surface area contributed by atoms with E-state index < -0.39 is 0 Å². The molecule has 0 radical (unpaired) electrons. The minimum Gasteiger partial charge on any atom is -0.467 e. The van der Waals surface area contributed by atoms with Gasteiger partial charge in [-0.25, -0.2) is 0 Å². The molecule has 0 unspecified atom stereocenters. The lowest BCUT2D eigenvalue weighted by Gasteiger charge is -2.07. The second kappa shape index (κ2) is 8.35. The molecular formula is C17H17BrN4O2S. The Morgan fingerprint density at radius 1 is 1.28 bits per heavy atom. The second-order valence-electron chi connectivity index (χ2n) is 5.20. The van der Waals surface area contributed by atoms with Gasteiger partial charge in [0, 0.05) is 16.6 Å². The summed E-state index contributed by atoms with van der Waals surface area (Å²) in [5.41, 5.74) is 0.992. The maximum absolute atomic E-state index is 12.0. The summed E-state index contributed by atoms with van der Waals surface area (Å²) in [6, 6.07) is 11.5. The minimum atomic E-state index is -0.0720. The average molecular weight is 421 g/mol. The van der Waals surface area contributed by atoms with Crippen LogP contribution in [0.1, 0.15) is 12.7 Å². The Labute approximate surface area is 158 Å². The molecule has 3 aromatic rings. The smallest absolute Gasteiger partial charge is 0.230 e. The quantitative estimate of drug-likeness (QED) is 0.589. The van der Waals surface area contributed by atoms with Gasteiger partial charge in [0.2, 0.25) is 5.91 Å². The zero-order valence-electron chi connectivity index (χ0n) is 13.6. The Bertz CT molecular complexity index is 831. The van der Waals surface area contributed by atoms with Crippen molar-refractivity contribution in [3.63, 3.8) is 0 Å². The van der Waals surface area contributed by atoms with Crippen molar-refractivity contribution < 1.29 is 9.21 Å². The standard InChI is InChI=1S/C17H17BrN4O2S/c1-2-22-16(12-5-7-13(18)8-6-12)20-21-17(22)25-11-15(23)19-10-14-4-3-9-24-14/h3-9H,2,10-11H2,1H3,(H,19,23). The number of carbonyl (C=O) groups excluding carboxylic acids is 1. The van der Waals surface area contributed by atoms with Gasteiger partial charge in [-0.15, -0.1) is 10.2 Å². The number of amides is 1. The van der Waals surface area contributed by atoms with Crippen molar-refractivity contribution in [3.05, 3.63) is 52.9 Å². The molecule has 25 heavy (non-hydrogen) atoms. The van der Waals surface area contributed by atoms with E-state index in [0.717, 1.165) is 33.3 Å². The zero-order chi connectivity index (χ0) is 17.6. The minimum absolute atomic E-state index is 0.0720. The van der Waals surface area contributed by atoms with Crippen molar-refractivity contribution in [1.29, 1.82) is 0 Å². The largest absolute Gasteiger partial charge is 0.467 e. The molecule has 0 atom stereocenters. The summed E-state index contributed by atoms with van der Waals surface area (Å²) in [4.78, 5) is 12.0. The fourth-order valence-corrected chi connectivity index (χ4v) is 3.37. The van der Waals surface area contributed by atoms with E-state index in [9.17, 15) is 4.79 Å². The van der Waals surface area contributed by atoms with Gasteiger partial charge >= 0.3 is 0 Å². The van der Waals surface area contributed by atoms with E-state index >= 15 is 0 Å². The molecule has 6 nitrogen and oxygen atoms in total. The summed E-state index contributed by atoms with van der Waals surface area (Å²) < 4.78 is 8.22. The Balaban J connectivity index is 1.62. The summed E-state index contributed by atoms with van der Waals surface area (Å²) >= 11 is 4.80. The van der Waals surface area contributed by atoms with Crippen molar-refractivity contribution in [1.82, 2.24) is 20.1 Å². The summed E-state index contributed by atoms with van der Waals surface area (Å²) in [6.07, 6.45) is 1.59. The van der Waals surface area contributed by atoms with Crippen molar-refractivity contribution >= 4 is 33.6 Å². The highest BCUT2D eigenvalue weighted by atomic mass is 79.9. The van der Waals surface area contributed by atoms with Gasteiger partial charge in [0.05, 0.1) is 18.6 Å². The number of hydrogen-bond donors (Lipinski definition) is 1. The molecule has 8 heteroatoms. The van der Waals surface area contributed by atoms with E-state index in [-0.39, 0.29) is 11.7 Å². The first kappa shape index (κ1) is 17.8. The molecule has 1 amide bonds. The van der Waals surface area contributed by atoms with E-state index in [1.165, 1.54) is 11.8 Å².